The zero-order valence-corrected chi connectivity index (χ0v) is 13.8. The van der Waals surface area contributed by atoms with Gasteiger partial charge in [-0.15, -0.1) is 0 Å². The van der Waals surface area contributed by atoms with Crippen LogP contribution >= 0.6 is 11.8 Å². The molecule has 6 nitrogen and oxygen atoms in total. The summed E-state index contributed by atoms with van der Waals surface area (Å²) in [5.74, 6) is 0.846. The molecule has 21 heavy (non-hydrogen) atoms. The Morgan fingerprint density at radius 2 is 2.00 bits per heavy atom. The van der Waals surface area contributed by atoms with Crippen molar-refractivity contribution in [2.75, 3.05) is 36.6 Å². The van der Waals surface area contributed by atoms with Crippen LogP contribution in [0.2, 0.25) is 0 Å². The molecule has 0 amide bonds. The third-order valence-corrected chi connectivity index (χ3v) is 4.83. The second-order valence-corrected chi connectivity index (χ2v) is 7.78. The summed E-state index contributed by atoms with van der Waals surface area (Å²) < 4.78 is 31.3. The molecule has 8 heteroatoms. The van der Waals surface area contributed by atoms with Crippen LogP contribution in [-0.2, 0) is 10.0 Å². The maximum atomic E-state index is 11.8. The van der Waals surface area contributed by atoms with Crippen LogP contribution in [0.5, 0.6) is 5.75 Å². The second-order valence-electron chi connectivity index (χ2n) is 4.99. The lowest BCUT2D eigenvalue weighted by Crippen LogP contribution is -2.43. The molecule has 0 radical (unpaired) electrons. The molecule has 0 aromatic heterocycles. The van der Waals surface area contributed by atoms with Crippen LogP contribution in [0.3, 0.4) is 0 Å². The maximum absolute atomic E-state index is 11.8. The van der Waals surface area contributed by atoms with Crippen molar-refractivity contribution in [3.05, 3.63) is 24.3 Å². The summed E-state index contributed by atoms with van der Waals surface area (Å²) in [5, 5.41) is 9.92. The van der Waals surface area contributed by atoms with Crippen molar-refractivity contribution >= 4 is 27.5 Å². The fourth-order valence-electron chi connectivity index (χ4n) is 1.53. The van der Waals surface area contributed by atoms with Crippen LogP contribution < -0.4 is 15.2 Å². The van der Waals surface area contributed by atoms with E-state index in [0.29, 0.717) is 17.2 Å². The van der Waals surface area contributed by atoms with Gasteiger partial charge in [0.2, 0.25) is 10.0 Å². The van der Waals surface area contributed by atoms with Gasteiger partial charge in [-0.2, -0.15) is 11.8 Å². The Morgan fingerprint density at radius 1 is 1.38 bits per heavy atom. The monoisotopic (exact) mass is 334 g/mol. The summed E-state index contributed by atoms with van der Waals surface area (Å²) in [6.45, 7) is 1.61. The minimum Gasteiger partial charge on any atom is -0.492 e. The summed E-state index contributed by atoms with van der Waals surface area (Å²) in [5.41, 5.74) is 5.10. The van der Waals surface area contributed by atoms with Gasteiger partial charge in [-0.1, -0.05) is 0 Å². The van der Waals surface area contributed by atoms with E-state index in [0.717, 1.165) is 0 Å². The molecule has 4 N–H and O–H groups in total. The van der Waals surface area contributed by atoms with Crippen molar-refractivity contribution in [1.82, 2.24) is 4.72 Å². The summed E-state index contributed by atoms with van der Waals surface area (Å²) >= 11 is 1.46. The predicted molar refractivity (Wildman–Crippen MR) is 87.1 cm³/mol. The van der Waals surface area contributed by atoms with E-state index in [2.05, 4.69) is 4.72 Å². The molecule has 0 aliphatic carbocycles. The quantitative estimate of drug-likeness (QED) is 0.574. The fourth-order valence-corrected chi connectivity index (χ4v) is 3.23. The minimum atomic E-state index is -3.48. The maximum Gasteiger partial charge on any atom is 0.215 e. The lowest BCUT2D eigenvalue weighted by molar-refractivity contribution is 0.0908. The number of rotatable bonds is 9. The van der Waals surface area contributed by atoms with Gasteiger partial charge in [0.15, 0.2) is 0 Å². The molecule has 0 aliphatic heterocycles. The number of sulfonamides is 1. The average Bonchev–Trinajstić information content (AvgIpc) is 2.39. The Hall–Kier alpha value is -0.960. The number of benzene rings is 1. The first-order valence-electron chi connectivity index (χ1n) is 6.41. The molecule has 0 saturated heterocycles. The number of nitrogens with two attached hydrogens (primary N) is 1. The molecule has 0 bridgehead atoms. The smallest absolute Gasteiger partial charge is 0.215 e. The second kappa shape index (κ2) is 7.88. The summed E-state index contributed by atoms with van der Waals surface area (Å²) in [6, 6.07) is 6.72. The molecule has 0 aliphatic rings. The van der Waals surface area contributed by atoms with E-state index in [1.807, 2.05) is 6.26 Å². The van der Waals surface area contributed by atoms with Crippen molar-refractivity contribution in [2.45, 2.75) is 12.5 Å². The first-order valence-corrected chi connectivity index (χ1v) is 9.46. The van der Waals surface area contributed by atoms with Crippen molar-refractivity contribution < 1.29 is 18.3 Å². The van der Waals surface area contributed by atoms with Crippen molar-refractivity contribution in [3.63, 3.8) is 0 Å². The lowest BCUT2D eigenvalue weighted by Gasteiger charge is -2.22. The third-order valence-electron chi connectivity index (χ3n) is 2.63. The Kier molecular flexibility index (Phi) is 6.79. The molecule has 0 heterocycles. The van der Waals surface area contributed by atoms with Gasteiger partial charge < -0.3 is 15.6 Å². The molecule has 1 aromatic carbocycles. The van der Waals surface area contributed by atoms with Gasteiger partial charge in [-0.25, -0.2) is 13.1 Å². The van der Waals surface area contributed by atoms with Gasteiger partial charge in [0.1, 0.15) is 12.4 Å². The highest BCUT2D eigenvalue weighted by Crippen LogP contribution is 2.13. The van der Waals surface area contributed by atoms with Gasteiger partial charge in [0.25, 0.3) is 0 Å². The number of thioether (sulfide) groups is 1. The molecule has 1 atom stereocenters. The topological polar surface area (TPSA) is 102 Å². The molecule has 1 rings (SSSR count). The van der Waals surface area contributed by atoms with Gasteiger partial charge in [0.05, 0.1) is 11.4 Å². The number of nitrogens with one attached hydrogen (secondary N) is 1. The van der Waals surface area contributed by atoms with Crippen LogP contribution in [0.25, 0.3) is 0 Å². The summed E-state index contributed by atoms with van der Waals surface area (Å²) in [4.78, 5) is 0. The molecular formula is C13H22N2O4S2. The van der Waals surface area contributed by atoms with Crippen molar-refractivity contribution in [2.24, 2.45) is 0 Å². The first-order chi connectivity index (χ1) is 9.74. The molecule has 120 valence electrons. The van der Waals surface area contributed by atoms with E-state index in [1.165, 1.54) is 11.8 Å². The number of ether oxygens (including phenoxy) is 1. The largest absolute Gasteiger partial charge is 0.492 e. The third kappa shape index (κ3) is 7.56. The zero-order valence-electron chi connectivity index (χ0n) is 12.2. The number of hydrogen-bond donors (Lipinski definition) is 3. The van der Waals surface area contributed by atoms with E-state index in [4.69, 9.17) is 10.5 Å². The van der Waals surface area contributed by atoms with E-state index in [9.17, 15) is 13.5 Å². The highest BCUT2D eigenvalue weighted by atomic mass is 32.2. The van der Waals surface area contributed by atoms with Crippen LogP contribution in [-0.4, -0.2) is 50.0 Å². The van der Waals surface area contributed by atoms with E-state index in [1.54, 1.807) is 31.2 Å². The summed E-state index contributed by atoms with van der Waals surface area (Å²) in [7, 11) is -3.48. The number of anilines is 1. The van der Waals surface area contributed by atoms with E-state index < -0.39 is 15.6 Å². The average molecular weight is 334 g/mol. The van der Waals surface area contributed by atoms with Crippen LogP contribution in [0.15, 0.2) is 24.3 Å². The van der Waals surface area contributed by atoms with Gasteiger partial charge in [-0.3, -0.25) is 0 Å². The Bertz CT molecular complexity index is 530. The first kappa shape index (κ1) is 18.1. The highest BCUT2D eigenvalue weighted by molar-refractivity contribution is 7.98. The molecular weight excluding hydrogens is 312 g/mol. The zero-order chi connectivity index (χ0) is 15.9. The Balaban J connectivity index is 2.37. The van der Waals surface area contributed by atoms with Crippen LogP contribution in [0.4, 0.5) is 5.69 Å². The molecule has 0 saturated carbocycles. The Labute approximate surface area is 130 Å². The highest BCUT2D eigenvalue weighted by Gasteiger charge is 2.22. The molecule has 1 unspecified atom stereocenters. The van der Waals surface area contributed by atoms with Crippen molar-refractivity contribution in [1.29, 1.82) is 0 Å². The summed E-state index contributed by atoms with van der Waals surface area (Å²) in [6.07, 6.45) is 1.85. The standard InChI is InChI=1S/C13H22N2O4S2/c1-13(16,10-20-2)9-15-21(17,18)8-7-19-12-5-3-11(14)4-6-12/h3-6,15-16H,7-10,14H2,1-2H3. The molecule has 0 fully saturated rings. The van der Waals surface area contributed by atoms with Crippen molar-refractivity contribution in [3.8, 4) is 5.75 Å². The fraction of sp³-hybridized carbons (Fsp3) is 0.538. The number of hydrogen-bond acceptors (Lipinski definition) is 6. The van der Waals surface area contributed by atoms with Gasteiger partial charge in [0, 0.05) is 18.0 Å². The van der Waals surface area contributed by atoms with Gasteiger partial charge in [-0.05, 0) is 37.4 Å². The lowest BCUT2D eigenvalue weighted by atomic mass is 10.1. The SMILES string of the molecule is CSCC(C)(O)CNS(=O)(=O)CCOc1ccc(N)cc1. The van der Waals surface area contributed by atoms with E-state index >= 15 is 0 Å². The number of nitrogen functional groups attached to an aromatic ring is 1. The molecule has 1 aromatic rings. The Morgan fingerprint density at radius 3 is 2.57 bits per heavy atom. The normalized spacial score (nSPS) is 14.6. The van der Waals surface area contributed by atoms with Crippen LogP contribution in [0, 0.1) is 0 Å². The molecule has 0 spiro atoms. The van der Waals surface area contributed by atoms with E-state index in [-0.39, 0.29) is 18.9 Å². The predicted octanol–water partition coefficient (Wildman–Crippen LogP) is 0.681. The van der Waals surface area contributed by atoms with Gasteiger partial charge >= 0.3 is 0 Å². The number of aliphatic hydroxyl groups is 1. The minimum absolute atomic E-state index is 0.0158. The van der Waals surface area contributed by atoms with Crippen LogP contribution in [0.1, 0.15) is 6.92 Å².